The molecule has 78 valence electrons. The van der Waals surface area contributed by atoms with Gasteiger partial charge in [0, 0.05) is 11.9 Å². The van der Waals surface area contributed by atoms with Crippen molar-refractivity contribution in [2.45, 2.75) is 20.0 Å². The molecule has 1 heterocycles. The first kappa shape index (κ1) is 10.7. The van der Waals surface area contributed by atoms with Crippen LogP contribution in [0.15, 0.2) is 6.20 Å². The number of alkyl halides is 3. The van der Waals surface area contributed by atoms with Crippen LogP contribution in [0.1, 0.15) is 11.3 Å². The highest BCUT2D eigenvalue weighted by Gasteiger charge is 2.28. The molecule has 1 aromatic rings. The first-order valence-electron chi connectivity index (χ1n) is 3.88. The van der Waals surface area contributed by atoms with Gasteiger partial charge in [-0.25, -0.2) is 9.97 Å². The molecule has 0 saturated heterocycles. The van der Waals surface area contributed by atoms with E-state index < -0.39 is 12.8 Å². The zero-order valence-corrected chi connectivity index (χ0v) is 7.72. The Hall–Kier alpha value is -1.33. The molecule has 14 heavy (non-hydrogen) atoms. The number of hydrogen-bond donors (Lipinski definition) is 0. The van der Waals surface area contributed by atoms with E-state index >= 15 is 0 Å². The first-order chi connectivity index (χ1) is 6.38. The summed E-state index contributed by atoms with van der Waals surface area (Å²) >= 11 is 0. The monoisotopic (exact) mass is 206 g/mol. The van der Waals surface area contributed by atoms with E-state index in [1.165, 1.54) is 6.20 Å². The van der Waals surface area contributed by atoms with Gasteiger partial charge in [0.25, 0.3) is 0 Å². The minimum absolute atomic E-state index is 0.245. The van der Waals surface area contributed by atoms with Crippen molar-refractivity contribution < 1.29 is 17.9 Å². The number of aryl methyl sites for hydroxylation is 2. The molecule has 0 aliphatic heterocycles. The van der Waals surface area contributed by atoms with Crippen LogP contribution < -0.4 is 4.74 Å². The molecule has 0 radical (unpaired) electrons. The Balaban J connectivity index is 2.65. The Labute approximate surface area is 78.9 Å². The van der Waals surface area contributed by atoms with Gasteiger partial charge in [0.05, 0.1) is 0 Å². The van der Waals surface area contributed by atoms with Crippen molar-refractivity contribution in [3.05, 3.63) is 17.5 Å². The molecule has 0 spiro atoms. The predicted molar refractivity (Wildman–Crippen MR) is 43.1 cm³/mol. The molecule has 0 bridgehead atoms. The van der Waals surface area contributed by atoms with Crippen molar-refractivity contribution in [1.82, 2.24) is 9.97 Å². The number of aromatic nitrogens is 2. The van der Waals surface area contributed by atoms with Gasteiger partial charge in [-0.05, 0) is 19.4 Å². The summed E-state index contributed by atoms with van der Waals surface area (Å²) in [5, 5.41) is 0. The Morgan fingerprint density at radius 3 is 2.50 bits per heavy atom. The van der Waals surface area contributed by atoms with Gasteiger partial charge < -0.3 is 4.74 Å². The molecule has 0 amide bonds. The van der Waals surface area contributed by atoms with Crippen LogP contribution >= 0.6 is 0 Å². The van der Waals surface area contributed by atoms with Gasteiger partial charge in [0.2, 0.25) is 0 Å². The number of hydrogen-bond acceptors (Lipinski definition) is 3. The van der Waals surface area contributed by atoms with Gasteiger partial charge in [0.1, 0.15) is 0 Å². The lowest BCUT2D eigenvalue weighted by Crippen LogP contribution is -2.20. The quantitative estimate of drug-likeness (QED) is 0.742. The second-order valence-corrected chi connectivity index (χ2v) is 2.82. The summed E-state index contributed by atoms with van der Waals surface area (Å²) in [6.07, 6.45) is -2.93. The van der Waals surface area contributed by atoms with Gasteiger partial charge in [-0.1, -0.05) is 0 Å². The molecule has 0 atom stereocenters. The molecule has 0 saturated carbocycles. The first-order valence-corrected chi connectivity index (χ1v) is 3.88. The van der Waals surface area contributed by atoms with Crippen molar-refractivity contribution in [3.8, 4) is 6.01 Å². The standard InChI is InChI=1S/C8H9F3N2O/c1-5-3-12-7(13-6(5)2)14-4-8(9,10)11/h3H,4H2,1-2H3. The lowest BCUT2D eigenvalue weighted by molar-refractivity contribution is -0.154. The Bertz CT molecular complexity index is 325. The summed E-state index contributed by atoms with van der Waals surface area (Å²) in [6, 6.07) is -0.245. The zero-order valence-electron chi connectivity index (χ0n) is 7.72. The van der Waals surface area contributed by atoms with E-state index in [2.05, 4.69) is 14.7 Å². The highest BCUT2D eigenvalue weighted by molar-refractivity contribution is 5.15. The molecule has 0 unspecified atom stereocenters. The smallest absolute Gasteiger partial charge is 0.422 e. The van der Waals surface area contributed by atoms with Crippen molar-refractivity contribution in [3.63, 3.8) is 0 Å². The highest BCUT2D eigenvalue weighted by atomic mass is 19.4. The minimum Gasteiger partial charge on any atom is -0.454 e. The maximum absolute atomic E-state index is 11.7. The molecule has 6 heteroatoms. The third-order valence-corrected chi connectivity index (χ3v) is 1.57. The van der Waals surface area contributed by atoms with Crippen molar-refractivity contribution in [2.75, 3.05) is 6.61 Å². The van der Waals surface area contributed by atoms with E-state index in [1.54, 1.807) is 13.8 Å². The lowest BCUT2D eigenvalue weighted by Gasteiger charge is -2.08. The Kier molecular flexibility index (Phi) is 2.93. The predicted octanol–water partition coefficient (Wildman–Crippen LogP) is 2.03. The van der Waals surface area contributed by atoms with Crippen LogP contribution in [0.25, 0.3) is 0 Å². The molecule has 0 aliphatic rings. The molecule has 1 rings (SSSR count). The minimum atomic E-state index is -4.36. The molecule has 1 aromatic heterocycles. The zero-order chi connectivity index (χ0) is 10.8. The van der Waals surface area contributed by atoms with Gasteiger partial charge >= 0.3 is 12.2 Å². The van der Waals surface area contributed by atoms with Gasteiger partial charge in [-0.3, -0.25) is 0 Å². The Morgan fingerprint density at radius 2 is 2.00 bits per heavy atom. The fourth-order valence-corrected chi connectivity index (χ4v) is 0.722. The van der Waals surface area contributed by atoms with Crippen molar-refractivity contribution in [2.24, 2.45) is 0 Å². The van der Waals surface area contributed by atoms with Gasteiger partial charge in [-0.15, -0.1) is 0 Å². The van der Waals surface area contributed by atoms with Crippen LogP contribution in [-0.2, 0) is 0 Å². The summed E-state index contributed by atoms with van der Waals surface area (Å²) in [4.78, 5) is 7.35. The number of nitrogens with zero attached hydrogens (tertiary/aromatic N) is 2. The lowest BCUT2D eigenvalue weighted by atomic mass is 10.3. The third kappa shape index (κ3) is 3.20. The van der Waals surface area contributed by atoms with E-state index in [0.717, 1.165) is 5.56 Å². The van der Waals surface area contributed by atoms with Gasteiger partial charge in [0.15, 0.2) is 6.61 Å². The SMILES string of the molecule is Cc1cnc(OCC(F)(F)F)nc1C. The van der Waals surface area contributed by atoms with E-state index in [9.17, 15) is 13.2 Å². The van der Waals surface area contributed by atoms with E-state index in [0.29, 0.717) is 5.69 Å². The normalized spacial score (nSPS) is 11.5. The summed E-state index contributed by atoms with van der Waals surface area (Å²) in [5.74, 6) is 0. The van der Waals surface area contributed by atoms with Gasteiger partial charge in [-0.2, -0.15) is 13.2 Å². The topological polar surface area (TPSA) is 35.0 Å². The van der Waals surface area contributed by atoms with E-state index in [1.807, 2.05) is 0 Å². The Morgan fingerprint density at radius 1 is 1.36 bits per heavy atom. The molecular formula is C8H9F3N2O. The molecular weight excluding hydrogens is 197 g/mol. The summed E-state index contributed by atoms with van der Waals surface area (Å²) in [5.41, 5.74) is 1.42. The number of rotatable bonds is 2. The van der Waals surface area contributed by atoms with Crippen LogP contribution in [0.2, 0.25) is 0 Å². The fourth-order valence-electron chi connectivity index (χ4n) is 0.722. The second-order valence-electron chi connectivity index (χ2n) is 2.82. The van der Waals surface area contributed by atoms with Crippen LogP contribution in [-0.4, -0.2) is 22.8 Å². The summed E-state index contributed by atoms with van der Waals surface area (Å²) in [7, 11) is 0. The fraction of sp³-hybridized carbons (Fsp3) is 0.500. The van der Waals surface area contributed by atoms with E-state index in [4.69, 9.17) is 0 Å². The van der Waals surface area contributed by atoms with Crippen molar-refractivity contribution >= 4 is 0 Å². The van der Waals surface area contributed by atoms with E-state index in [-0.39, 0.29) is 6.01 Å². The van der Waals surface area contributed by atoms with Crippen LogP contribution in [0.5, 0.6) is 6.01 Å². The number of halogens is 3. The second kappa shape index (κ2) is 3.81. The largest absolute Gasteiger partial charge is 0.454 e. The highest BCUT2D eigenvalue weighted by Crippen LogP contribution is 2.16. The molecule has 0 N–H and O–H groups in total. The number of ether oxygens (including phenoxy) is 1. The average molecular weight is 206 g/mol. The van der Waals surface area contributed by atoms with Crippen molar-refractivity contribution in [1.29, 1.82) is 0 Å². The average Bonchev–Trinajstić information content (AvgIpc) is 2.06. The van der Waals surface area contributed by atoms with Crippen LogP contribution in [0.4, 0.5) is 13.2 Å². The molecule has 0 aliphatic carbocycles. The molecule has 0 aromatic carbocycles. The molecule has 3 nitrogen and oxygen atoms in total. The maximum atomic E-state index is 11.7. The maximum Gasteiger partial charge on any atom is 0.422 e. The third-order valence-electron chi connectivity index (χ3n) is 1.57. The summed E-state index contributed by atoms with van der Waals surface area (Å²) < 4.78 is 39.6. The van der Waals surface area contributed by atoms with Crippen LogP contribution in [0, 0.1) is 13.8 Å². The van der Waals surface area contributed by atoms with Crippen LogP contribution in [0.3, 0.4) is 0 Å². The molecule has 0 fully saturated rings. The summed E-state index contributed by atoms with van der Waals surface area (Å²) in [6.45, 7) is 2.08.